The molecule has 0 amide bonds. The number of hydrogen-bond acceptors (Lipinski definition) is 5. The quantitative estimate of drug-likeness (QED) is 0.842. The Morgan fingerprint density at radius 3 is 2.48 bits per heavy atom. The Hall–Kier alpha value is -1.09. The average molecular weight is 372 g/mol. The summed E-state index contributed by atoms with van der Waals surface area (Å²) in [5.41, 5.74) is 6.37. The smallest absolute Gasteiger partial charge is 0.150 e. The first-order chi connectivity index (χ1) is 11.8. The van der Waals surface area contributed by atoms with Crippen LogP contribution in [0.25, 0.3) is 0 Å². The van der Waals surface area contributed by atoms with Crippen LogP contribution in [-0.4, -0.2) is 56.6 Å². The molecular formula is C17H22F2N2O3S. The van der Waals surface area contributed by atoms with Crippen molar-refractivity contribution in [2.45, 2.75) is 24.6 Å². The van der Waals surface area contributed by atoms with E-state index in [1.165, 1.54) is 0 Å². The lowest BCUT2D eigenvalue weighted by atomic mass is 9.93. The summed E-state index contributed by atoms with van der Waals surface area (Å²) in [5.74, 6) is -0.0982. The molecule has 1 aromatic rings. The van der Waals surface area contributed by atoms with Gasteiger partial charge in [-0.2, -0.15) is 0 Å². The van der Waals surface area contributed by atoms with Gasteiger partial charge in [-0.15, -0.1) is 0 Å². The van der Waals surface area contributed by atoms with Crippen molar-refractivity contribution < 1.29 is 21.9 Å². The number of nitrogens with zero attached hydrogens (tertiary/aromatic N) is 1. The van der Waals surface area contributed by atoms with Gasteiger partial charge in [0.2, 0.25) is 0 Å². The number of fused-ring (bicyclic) bond motifs is 1. The predicted octanol–water partition coefficient (Wildman–Crippen LogP) is 1.10. The second-order valence-corrected chi connectivity index (χ2v) is 9.68. The number of sulfone groups is 1. The normalized spacial score (nSPS) is 38.0. The molecule has 3 heterocycles. The molecule has 2 N–H and O–H groups in total. The van der Waals surface area contributed by atoms with E-state index < -0.39 is 33.6 Å². The largest absolute Gasteiger partial charge is 0.370 e. The molecule has 5 unspecified atom stereocenters. The van der Waals surface area contributed by atoms with E-state index in [1.54, 1.807) is 0 Å². The second kappa shape index (κ2) is 6.26. The number of nitrogens with two attached hydrogens (primary N) is 1. The maximum atomic E-state index is 14.0. The Balaban J connectivity index is 1.42. The molecule has 3 aliphatic rings. The molecule has 0 spiro atoms. The number of halogens is 2. The Morgan fingerprint density at radius 2 is 1.84 bits per heavy atom. The van der Waals surface area contributed by atoms with Crippen LogP contribution in [0.3, 0.4) is 0 Å². The molecule has 138 valence electrons. The summed E-state index contributed by atoms with van der Waals surface area (Å²) in [6.07, 6.45) is -0.0401. The first-order valence-electron chi connectivity index (χ1n) is 8.59. The molecule has 3 saturated heterocycles. The molecule has 3 fully saturated rings. The summed E-state index contributed by atoms with van der Waals surface area (Å²) in [6, 6.07) is 2.98. The number of benzene rings is 1. The van der Waals surface area contributed by atoms with Crippen molar-refractivity contribution in [3.63, 3.8) is 0 Å². The lowest BCUT2D eigenvalue weighted by Gasteiger charge is -2.39. The molecule has 5 nitrogen and oxygen atoms in total. The number of likely N-dealkylation sites (tertiary alicyclic amines) is 1. The Bertz CT molecular complexity index is 753. The Labute approximate surface area is 146 Å². The topological polar surface area (TPSA) is 72.6 Å². The van der Waals surface area contributed by atoms with Gasteiger partial charge in [-0.3, -0.25) is 4.90 Å². The zero-order chi connectivity index (χ0) is 17.8. The lowest BCUT2D eigenvalue weighted by Crippen LogP contribution is -2.49. The van der Waals surface area contributed by atoms with Crippen molar-refractivity contribution in [3.8, 4) is 0 Å². The molecule has 8 heteroatoms. The minimum atomic E-state index is -2.88. The van der Waals surface area contributed by atoms with Crippen molar-refractivity contribution in [1.29, 1.82) is 0 Å². The molecule has 25 heavy (non-hydrogen) atoms. The fourth-order valence-electron chi connectivity index (χ4n) is 4.52. The fraction of sp³-hybridized carbons (Fsp3) is 0.647. The van der Waals surface area contributed by atoms with Crippen LogP contribution in [0.4, 0.5) is 8.78 Å². The summed E-state index contributed by atoms with van der Waals surface area (Å²) in [5, 5.41) is 0. The van der Waals surface area contributed by atoms with Crippen LogP contribution in [0.15, 0.2) is 18.2 Å². The summed E-state index contributed by atoms with van der Waals surface area (Å²) in [7, 11) is -2.88. The van der Waals surface area contributed by atoms with Gasteiger partial charge in [0.1, 0.15) is 17.7 Å². The minimum absolute atomic E-state index is 0.0937. The van der Waals surface area contributed by atoms with Crippen LogP contribution in [0.1, 0.15) is 18.1 Å². The van der Waals surface area contributed by atoms with E-state index in [1.807, 2.05) is 0 Å². The van der Waals surface area contributed by atoms with Gasteiger partial charge in [-0.25, -0.2) is 17.2 Å². The van der Waals surface area contributed by atoms with Crippen LogP contribution in [-0.2, 0) is 14.6 Å². The third-order valence-electron chi connectivity index (χ3n) is 5.72. The van der Waals surface area contributed by atoms with Gasteiger partial charge >= 0.3 is 0 Å². The van der Waals surface area contributed by atoms with Crippen molar-refractivity contribution in [3.05, 3.63) is 35.4 Å². The monoisotopic (exact) mass is 372 g/mol. The van der Waals surface area contributed by atoms with Crippen LogP contribution in [0, 0.1) is 23.5 Å². The van der Waals surface area contributed by atoms with Gasteiger partial charge in [0.25, 0.3) is 0 Å². The maximum absolute atomic E-state index is 14.0. The van der Waals surface area contributed by atoms with Crippen LogP contribution in [0.2, 0.25) is 0 Å². The summed E-state index contributed by atoms with van der Waals surface area (Å²) < 4.78 is 56.6. The fourth-order valence-corrected chi connectivity index (χ4v) is 6.72. The average Bonchev–Trinajstić information content (AvgIpc) is 3.03. The zero-order valence-corrected chi connectivity index (χ0v) is 14.6. The molecule has 4 rings (SSSR count). The molecule has 0 aliphatic carbocycles. The molecule has 5 atom stereocenters. The molecule has 0 radical (unpaired) electrons. The summed E-state index contributed by atoms with van der Waals surface area (Å²) in [6.45, 7) is 1.87. The third kappa shape index (κ3) is 3.32. The van der Waals surface area contributed by atoms with Gasteiger partial charge in [-0.05, 0) is 36.5 Å². The summed E-state index contributed by atoms with van der Waals surface area (Å²) in [4.78, 5) is 2.25. The first kappa shape index (κ1) is 17.3. The van der Waals surface area contributed by atoms with Crippen LogP contribution in [0.5, 0.6) is 0 Å². The molecular weight excluding hydrogens is 350 g/mol. The van der Waals surface area contributed by atoms with Gasteiger partial charge in [0, 0.05) is 30.7 Å². The zero-order valence-electron chi connectivity index (χ0n) is 13.8. The number of ether oxygens (including phenoxy) is 1. The van der Waals surface area contributed by atoms with Crippen LogP contribution >= 0.6 is 0 Å². The van der Waals surface area contributed by atoms with Crippen molar-refractivity contribution >= 4 is 9.84 Å². The molecule has 0 bridgehead atoms. The van der Waals surface area contributed by atoms with E-state index in [2.05, 4.69) is 4.90 Å². The van der Waals surface area contributed by atoms with Gasteiger partial charge in [0.05, 0.1) is 18.1 Å². The Kier molecular flexibility index (Phi) is 4.34. The van der Waals surface area contributed by atoms with Gasteiger partial charge < -0.3 is 10.5 Å². The minimum Gasteiger partial charge on any atom is -0.370 e. The number of rotatable bonds is 2. The van der Waals surface area contributed by atoms with Crippen molar-refractivity contribution in [2.24, 2.45) is 17.6 Å². The van der Waals surface area contributed by atoms with Crippen LogP contribution < -0.4 is 5.73 Å². The summed E-state index contributed by atoms with van der Waals surface area (Å²) >= 11 is 0. The van der Waals surface area contributed by atoms with E-state index in [0.717, 1.165) is 31.3 Å². The van der Waals surface area contributed by atoms with Gasteiger partial charge in [0.15, 0.2) is 9.84 Å². The predicted molar refractivity (Wildman–Crippen MR) is 88.6 cm³/mol. The van der Waals surface area contributed by atoms with Gasteiger partial charge in [-0.1, -0.05) is 0 Å². The molecule has 0 saturated carbocycles. The van der Waals surface area contributed by atoms with Crippen molar-refractivity contribution in [2.75, 3.05) is 31.2 Å². The highest BCUT2D eigenvalue weighted by molar-refractivity contribution is 7.91. The lowest BCUT2D eigenvalue weighted by molar-refractivity contribution is -0.0480. The number of hydrogen-bond donors (Lipinski definition) is 1. The third-order valence-corrected chi connectivity index (χ3v) is 7.60. The second-order valence-electron chi connectivity index (χ2n) is 7.52. The molecule has 3 aliphatic heterocycles. The highest BCUT2D eigenvalue weighted by atomic mass is 32.2. The van der Waals surface area contributed by atoms with E-state index in [4.69, 9.17) is 10.5 Å². The SMILES string of the molecule is NC1CC(N2CC3CS(=O)(=O)CC3C2)COC1c1cc(F)ccc1F. The standard InChI is InChI=1S/C17H22F2N2O3S/c18-12-1-2-15(19)14(3-12)17-16(20)4-13(7-24-17)21-5-10-8-25(22,23)9-11(10)6-21/h1-3,10-11,13,16-17H,4-9,20H2. The highest BCUT2D eigenvalue weighted by Crippen LogP contribution is 2.37. The van der Waals surface area contributed by atoms with E-state index >= 15 is 0 Å². The van der Waals surface area contributed by atoms with Crippen molar-refractivity contribution in [1.82, 2.24) is 4.90 Å². The Morgan fingerprint density at radius 1 is 1.16 bits per heavy atom. The highest BCUT2D eigenvalue weighted by Gasteiger charge is 2.46. The maximum Gasteiger partial charge on any atom is 0.150 e. The molecule has 1 aromatic carbocycles. The molecule has 0 aromatic heterocycles. The first-order valence-corrected chi connectivity index (χ1v) is 10.4. The van der Waals surface area contributed by atoms with E-state index in [9.17, 15) is 17.2 Å². The van der Waals surface area contributed by atoms with E-state index in [0.29, 0.717) is 13.0 Å². The van der Waals surface area contributed by atoms with E-state index in [-0.39, 0.29) is 34.9 Å².